The van der Waals surface area contributed by atoms with Crippen molar-refractivity contribution in [2.45, 2.75) is 6.54 Å². The molecule has 0 bridgehead atoms. The molecule has 0 aliphatic heterocycles. The molecule has 0 radical (unpaired) electrons. The number of aromatic nitrogens is 2. The van der Waals surface area contributed by atoms with Crippen molar-refractivity contribution in [3.05, 3.63) is 40.6 Å². The average Bonchev–Trinajstić information content (AvgIpc) is 2.79. The molecule has 0 aliphatic carbocycles. The first-order valence-corrected chi connectivity index (χ1v) is 5.57. The van der Waals surface area contributed by atoms with Crippen LogP contribution in [0.1, 0.15) is 16.2 Å². The second kappa shape index (κ2) is 4.71. The Morgan fingerprint density at radius 1 is 1.50 bits per heavy atom. The molecule has 16 heavy (non-hydrogen) atoms. The van der Waals surface area contributed by atoms with Crippen LogP contribution in [0.3, 0.4) is 0 Å². The van der Waals surface area contributed by atoms with Gasteiger partial charge in [-0.25, -0.2) is 9.97 Å². The van der Waals surface area contributed by atoms with Gasteiger partial charge < -0.3 is 11.1 Å². The number of rotatable bonds is 3. The average molecular weight is 234 g/mol. The van der Waals surface area contributed by atoms with Crippen LogP contribution in [0.25, 0.3) is 0 Å². The third-order valence-corrected chi connectivity index (χ3v) is 2.60. The fourth-order valence-corrected chi connectivity index (χ4v) is 1.75. The van der Waals surface area contributed by atoms with Crippen LogP contribution in [0, 0.1) is 0 Å². The van der Waals surface area contributed by atoms with Gasteiger partial charge in [0.1, 0.15) is 0 Å². The fraction of sp³-hybridized carbons (Fsp3) is 0.100. The normalized spacial score (nSPS) is 10.0. The molecule has 2 aromatic heterocycles. The lowest BCUT2D eigenvalue weighted by Gasteiger charge is -2.04. The van der Waals surface area contributed by atoms with Crippen molar-refractivity contribution >= 4 is 22.9 Å². The van der Waals surface area contributed by atoms with Gasteiger partial charge >= 0.3 is 0 Å². The first-order valence-electron chi connectivity index (χ1n) is 4.63. The molecule has 5 nitrogen and oxygen atoms in total. The topological polar surface area (TPSA) is 80.9 Å². The highest BCUT2D eigenvalue weighted by Gasteiger charge is 2.10. The number of nitrogens with one attached hydrogen (secondary N) is 1. The van der Waals surface area contributed by atoms with Gasteiger partial charge in [0.2, 0.25) is 0 Å². The number of carbonyl (C=O) groups excluding carboxylic acids is 1. The first kappa shape index (κ1) is 10.6. The Kier molecular flexibility index (Phi) is 3.11. The largest absolute Gasteiger partial charge is 0.397 e. The highest BCUT2D eigenvalue weighted by molar-refractivity contribution is 7.07. The Morgan fingerprint density at radius 2 is 2.38 bits per heavy atom. The van der Waals surface area contributed by atoms with E-state index in [1.807, 2.05) is 5.38 Å². The van der Waals surface area contributed by atoms with Gasteiger partial charge in [0.15, 0.2) is 5.69 Å². The van der Waals surface area contributed by atoms with E-state index in [4.69, 9.17) is 5.73 Å². The van der Waals surface area contributed by atoms with E-state index in [1.165, 1.54) is 17.5 Å². The van der Waals surface area contributed by atoms with Crippen LogP contribution < -0.4 is 11.1 Å². The summed E-state index contributed by atoms with van der Waals surface area (Å²) in [5, 5.41) is 4.58. The molecule has 6 heteroatoms. The molecule has 2 heterocycles. The lowest BCUT2D eigenvalue weighted by molar-refractivity contribution is 0.0946. The number of anilines is 1. The zero-order valence-corrected chi connectivity index (χ0v) is 9.20. The van der Waals surface area contributed by atoms with Crippen molar-refractivity contribution in [1.82, 2.24) is 15.3 Å². The van der Waals surface area contributed by atoms with Crippen molar-refractivity contribution in [3.8, 4) is 0 Å². The summed E-state index contributed by atoms with van der Waals surface area (Å²) in [5.41, 5.74) is 8.80. The van der Waals surface area contributed by atoms with Crippen LogP contribution in [-0.4, -0.2) is 15.9 Å². The summed E-state index contributed by atoms with van der Waals surface area (Å²) in [6.07, 6.45) is 1.54. The Bertz CT molecular complexity index is 483. The van der Waals surface area contributed by atoms with E-state index in [0.717, 1.165) is 5.69 Å². The highest BCUT2D eigenvalue weighted by Crippen LogP contribution is 2.07. The molecular weight excluding hydrogens is 224 g/mol. The number of nitrogens with zero attached hydrogens (tertiary/aromatic N) is 2. The fourth-order valence-electron chi connectivity index (χ4n) is 1.19. The molecule has 0 fully saturated rings. The van der Waals surface area contributed by atoms with Crippen molar-refractivity contribution in [2.24, 2.45) is 0 Å². The van der Waals surface area contributed by atoms with E-state index in [9.17, 15) is 4.79 Å². The standard InChI is InChI=1S/C10H10N4OS/c11-8-2-1-3-12-9(8)10(15)13-4-7-5-16-6-14-7/h1-3,5-6H,4,11H2,(H,13,15). The predicted octanol–water partition coefficient (Wildman–Crippen LogP) is 1.05. The molecule has 0 aromatic carbocycles. The summed E-state index contributed by atoms with van der Waals surface area (Å²) in [6.45, 7) is 0.387. The zero-order chi connectivity index (χ0) is 11.4. The van der Waals surface area contributed by atoms with E-state index < -0.39 is 0 Å². The molecule has 0 aliphatic rings. The number of pyridine rings is 1. The number of nitrogens with two attached hydrogens (primary N) is 1. The number of nitrogen functional groups attached to an aromatic ring is 1. The van der Waals surface area contributed by atoms with Gasteiger partial charge in [-0.1, -0.05) is 0 Å². The molecule has 1 amide bonds. The summed E-state index contributed by atoms with van der Waals surface area (Å²) in [6, 6.07) is 3.33. The van der Waals surface area contributed by atoms with Gasteiger partial charge in [-0.3, -0.25) is 4.79 Å². The lowest BCUT2D eigenvalue weighted by atomic mass is 10.3. The molecule has 0 unspecified atom stereocenters. The van der Waals surface area contributed by atoms with Crippen LogP contribution in [-0.2, 0) is 6.54 Å². The minimum atomic E-state index is -0.286. The maximum absolute atomic E-state index is 11.7. The minimum absolute atomic E-state index is 0.248. The van der Waals surface area contributed by atoms with E-state index in [-0.39, 0.29) is 11.6 Å². The smallest absolute Gasteiger partial charge is 0.272 e. The monoisotopic (exact) mass is 234 g/mol. The molecule has 3 N–H and O–H groups in total. The molecule has 2 rings (SSSR count). The van der Waals surface area contributed by atoms with Crippen LogP contribution in [0.5, 0.6) is 0 Å². The molecule has 2 aromatic rings. The van der Waals surface area contributed by atoms with Crippen molar-refractivity contribution in [3.63, 3.8) is 0 Å². The van der Waals surface area contributed by atoms with Crippen LogP contribution in [0.2, 0.25) is 0 Å². The van der Waals surface area contributed by atoms with E-state index >= 15 is 0 Å². The summed E-state index contributed by atoms with van der Waals surface area (Å²) in [4.78, 5) is 19.7. The number of carbonyl (C=O) groups is 1. The maximum atomic E-state index is 11.7. The van der Waals surface area contributed by atoms with E-state index in [0.29, 0.717) is 12.2 Å². The highest BCUT2D eigenvalue weighted by atomic mass is 32.1. The summed E-state index contributed by atoms with van der Waals surface area (Å²) >= 11 is 1.49. The third-order valence-electron chi connectivity index (χ3n) is 1.97. The van der Waals surface area contributed by atoms with Crippen LogP contribution in [0.4, 0.5) is 5.69 Å². The van der Waals surface area contributed by atoms with Gasteiger partial charge in [0, 0.05) is 11.6 Å². The van der Waals surface area contributed by atoms with Crippen molar-refractivity contribution in [1.29, 1.82) is 0 Å². The van der Waals surface area contributed by atoms with E-state index in [2.05, 4.69) is 15.3 Å². The molecule has 0 saturated carbocycles. The molecule has 82 valence electrons. The maximum Gasteiger partial charge on any atom is 0.272 e. The number of hydrogen-bond acceptors (Lipinski definition) is 5. The molecule has 0 atom stereocenters. The second-order valence-corrected chi connectivity index (χ2v) is 3.82. The number of amides is 1. The van der Waals surface area contributed by atoms with Crippen LogP contribution >= 0.6 is 11.3 Å². The van der Waals surface area contributed by atoms with Crippen molar-refractivity contribution in [2.75, 3.05) is 5.73 Å². The first-order chi connectivity index (χ1) is 7.77. The summed E-state index contributed by atoms with van der Waals surface area (Å²) in [7, 11) is 0. The second-order valence-electron chi connectivity index (χ2n) is 3.10. The van der Waals surface area contributed by atoms with Gasteiger partial charge in [-0.05, 0) is 12.1 Å². The van der Waals surface area contributed by atoms with Gasteiger partial charge in [-0.2, -0.15) is 0 Å². The molecular formula is C10H10N4OS. The van der Waals surface area contributed by atoms with Gasteiger partial charge in [0.05, 0.1) is 23.4 Å². The Hall–Kier alpha value is -1.95. The van der Waals surface area contributed by atoms with Gasteiger partial charge in [-0.15, -0.1) is 11.3 Å². The summed E-state index contributed by atoms with van der Waals surface area (Å²) < 4.78 is 0. The quantitative estimate of drug-likeness (QED) is 0.831. The van der Waals surface area contributed by atoms with E-state index in [1.54, 1.807) is 17.6 Å². The number of thiazole rings is 1. The lowest BCUT2D eigenvalue weighted by Crippen LogP contribution is -2.24. The Labute approximate surface area is 96.3 Å². The minimum Gasteiger partial charge on any atom is -0.397 e. The Balaban J connectivity index is 2.01. The Morgan fingerprint density at radius 3 is 3.06 bits per heavy atom. The van der Waals surface area contributed by atoms with Crippen LogP contribution in [0.15, 0.2) is 29.2 Å². The zero-order valence-electron chi connectivity index (χ0n) is 8.38. The SMILES string of the molecule is Nc1cccnc1C(=O)NCc1cscn1. The number of hydrogen-bond donors (Lipinski definition) is 2. The predicted molar refractivity (Wildman–Crippen MR) is 61.9 cm³/mol. The third kappa shape index (κ3) is 2.34. The molecule has 0 saturated heterocycles. The molecule has 0 spiro atoms. The van der Waals surface area contributed by atoms with Crippen molar-refractivity contribution < 1.29 is 4.79 Å². The van der Waals surface area contributed by atoms with Gasteiger partial charge in [0.25, 0.3) is 5.91 Å². The summed E-state index contributed by atoms with van der Waals surface area (Å²) in [5.74, 6) is -0.286.